The summed E-state index contributed by atoms with van der Waals surface area (Å²) in [6.07, 6.45) is 8.77. The van der Waals surface area contributed by atoms with Crippen LogP contribution in [0, 0.1) is 5.92 Å². The summed E-state index contributed by atoms with van der Waals surface area (Å²) in [5.41, 5.74) is 3.06. The molecule has 5 rings (SSSR count). The van der Waals surface area contributed by atoms with Crippen molar-refractivity contribution in [3.63, 3.8) is 0 Å². The van der Waals surface area contributed by atoms with E-state index in [9.17, 15) is 9.59 Å². The SMILES string of the molecule is COc1ccc(-c2ccccc2)c(NC(=O)c2csc(C3CCN(C(=O)CCC4CCCC4)CC3)n2)c1. The second-order valence-corrected chi connectivity index (χ2v) is 11.0. The van der Waals surface area contributed by atoms with E-state index in [0.717, 1.165) is 54.4 Å². The number of nitrogens with zero attached hydrogens (tertiary/aromatic N) is 2. The van der Waals surface area contributed by atoms with Crippen LogP contribution in [0.25, 0.3) is 11.1 Å². The van der Waals surface area contributed by atoms with Crippen LogP contribution in [0.5, 0.6) is 5.75 Å². The average molecular weight is 518 g/mol. The molecule has 7 heteroatoms. The Hall–Kier alpha value is -3.19. The zero-order valence-electron chi connectivity index (χ0n) is 21.4. The van der Waals surface area contributed by atoms with Crippen LogP contribution in [-0.2, 0) is 4.79 Å². The molecule has 0 atom stereocenters. The summed E-state index contributed by atoms with van der Waals surface area (Å²) in [5.74, 6) is 1.80. The Labute approximate surface area is 223 Å². The number of hydrogen-bond donors (Lipinski definition) is 1. The van der Waals surface area contributed by atoms with Gasteiger partial charge in [-0.3, -0.25) is 9.59 Å². The Bertz CT molecular complexity index is 1210. The van der Waals surface area contributed by atoms with Crippen molar-refractivity contribution in [3.05, 3.63) is 64.6 Å². The molecule has 2 aromatic carbocycles. The molecular weight excluding hydrogens is 482 g/mol. The number of anilines is 1. The third-order valence-electron chi connectivity index (χ3n) is 7.75. The minimum absolute atomic E-state index is 0.229. The molecule has 0 spiro atoms. The molecule has 194 valence electrons. The number of rotatable bonds is 8. The third-order valence-corrected chi connectivity index (χ3v) is 8.76. The first-order valence-corrected chi connectivity index (χ1v) is 14.3. The van der Waals surface area contributed by atoms with Crippen LogP contribution >= 0.6 is 11.3 Å². The van der Waals surface area contributed by atoms with E-state index in [-0.39, 0.29) is 5.91 Å². The molecule has 3 aromatic rings. The first kappa shape index (κ1) is 25.5. The van der Waals surface area contributed by atoms with Crippen molar-refractivity contribution in [1.82, 2.24) is 9.88 Å². The maximum Gasteiger partial charge on any atom is 0.275 e. The molecule has 2 aliphatic rings. The highest BCUT2D eigenvalue weighted by Gasteiger charge is 2.27. The first-order valence-electron chi connectivity index (χ1n) is 13.4. The molecule has 2 fully saturated rings. The van der Waals surface area contributed by atoms with Gasteiger partial charge in [0.2, 0.25) is 5.91 Å². The Morgan fingerprint density at radius 1 is 1.05 bits per heavy atom. The minimum atomic E-state index is -0.229. The number of amides is 2. The van der Waals surface area contributed by atoms with Crippen molar-refractivity contribution in [3.8, 4) is 16.9 Å². The van der Waals surface area contributed by atoms with Gasteiger partial charge in [0.1, 0.15) is 11.4 Å². The minimum Gasteiger partial charge on any atom is -0.497 e. The molecule has 0 unspecified atom stereocenters. The van der Waals surface area contributed by atoms with Crippen molar-refractivity contribution < 1.29 is 14.3 Å². The lowest BCUT2D eigenvalue weighted by Gasteiger charge is -2.31. The normalized spacial score (nSPS) is 16.6. The predicted molar refractivity (Wildman–Crippen MR) is 148 cm³/mol. The number of thiazole rings is 1. The number of benzene rings is 2. The smallest absolute Gasteiger partial charge is 0.275 e. The van der Waals surface area contributed by atoms with Crippen LogP contribution in [0.4, 0.5) is 5.69 Å². The van der Waals surface area contributed by atoms with Gasteiger partial charge in [0.15, 0.2) is 0 Å². The molecule has 2 amide bonds. The fraction of sp³-hybridized carbons (Fsp3) is 0.433. The Balaban J connectivity index is 1.19. The molecule has 6 nitrogen and oxygen atoms in total. The van der Waals surface area contributed by atoms with E-state index < -0.39 is 0 Å². The van der Waals surface area contributed by atoms with E-state index in [1.807, 2.05) is 58.8 Å². The van der Waals surface area contributed by atoms with Gasteiger partial charge < -0.3 is 15.0 Å². The van der Waals surface area contributed by atoms with Crippen LogP contribution in [0.15, 0.2) is 53.9 Å². The highest BCUT2D eigenvalue weighted by atomic mass is 32.1. The lowest BCUT2D eigenvalue weighted by Crippen LogP contribution is -2.38. The predicted octanol–water partition coefficient (Wildman–Crippen LogP) is 6.75. The summed E-state index contributed by atoms with van der Waals surface area (Å²) in [5, 5.41) is 5.87. The standard InChI is InChI=1S/C30H35N3O3S/c1-36-24-12-13-25(22-9-3-2-4-10-22)26(19-24)31-29(35)27-20-37-30(32-27)23-15-17-33(18-16-23)28(34)14-11-21-7-5-6-8-21/h2-4,9-10,12-13,19-21,23H,5-8,11,14-18H2,1H3,(H,31,35). The number of piperidine rings is 1. The lowest BCUT2D eigenvalue weighted by molar-refractivity contribution is -0.132. The number of nitrogens with one attached hydrogen (secondary N) is 1. The number of ether oxygens (including phenoxy) is 1. The van der Waals surface area contributed by atoms with Crippen LogP contribution in [-0.4, -0.2) is 41.9 Å². The number of likely N-dealkylation sites (tertiary alicyclic amines) is 1. The van der Waals surface area contributed by atoms with Gasteiger partial charge in [-0.05, 0) is 42.9 Å². The Morgan fingerprint density at radius 2 is 1.81 bits per heavy atom. The van der Waals surface area contributed by atoms with Crippen molar-refractivity contribution in [2.45, 2.75) is 57.3 Å². The van der Waals surface area contributed by atoms with Crippen molar-refractivity contribution in [1.29, 1.82) is 0 Å². The van der Waals surface area contributed by atoms with Crippen LogP contribution in [0.3, 0.4) is 0 Å². The average Bonchev–Trinajstić information content (AvgIpc) is 3.65. The largest absolute Gasteiger partial charge is 0.497 e. The summed E-state index contributed by atoms with van der Waals surface area (Å²) in [6, 6.07) is 15.7. The first-order chi connectivity index (χ1) is 18.1. The van der Waals surface area contributed by atoms with Gasteiger partial charge in [-0.25, -0.2) is 4.98 Å². The number of hydrogen-bond acceptors (Lipinski definition) is 5. The molecule has 1 N–H and O–H groups in total. The molecule has 1 saturated carbocycles. The Kier molecular flexibility index (Phi) is 8.19. The zero-order valence-corrected chi connectivity index (χ0v) is 22.3. The molecule has 0 radical (unpaired) electrons. The topological polar surface area (TPSA) is 71.5 Å². The summed E-state index contributed by atoms with van der Waals surface area (Å²) in [4.78, 5) is 32.6. The van der Waals surface area contributed by atoms with Gasteiger partial charge in [-0.15, -0.1) is 11.3 Å². The van der Waals surface area contributed by atoms with Crippen molar-refractivity contribution in [2.75, 3.05) is 25.5 Å². The summed E-state index contributed by atoms with van der Waals surface area (Å²) >= 11 is 1.54. The molecule has 1 aromatic heterocycles. The lowest BCUT2D eigenvalue weighted by atomic mass is 9.96. The summed E-state index contributed by atoms with van der Waals surface area (Å²) < 4.78 is 5.39. The maximum atomic E-state index is 13.2. The van der Waals surface area contributed by atoms with Gasteiger partial charge in [0, 0.05) is 42.4 Å². The number of methoxy groups -OCH3 is 1. The molecule has 1 aliphatic carbocycles. The third kappa shape index (κ3) is 6.21. The van der Waals surface area contributed by atoms with E-state index in [2.05, 4.69) is 5.32 Å². The summed E-state index contributed by atoms with van der Waals surface area (Å²) in [6.45, 7) is 1.55. The fourth-order valence-electron chi connectivity index (χ4n) is 5.55. The van der Waals surface area contributed by atoms with Gasteiger partial charge in [-0.2, -0.15) is 0 Å². The molecule has 1 saturated heterocycles. The van der Waals surface area contributed by atoms with E-state index in [0.29, 0.717) is 35.4 Å². The van der Waals surface area contributed by atoms with Crippen LogP contribution < -0.4 is 10.1 Å². The quantitative estimate of drug-likeness (QED) is 0.359. The molecule has 0 bridgehead atoms. The van der Waals surface area contributed by atoms with Crippen molar-refractivity contribution in [2.24, 2.45) is 5.92 Å². The van der Waals surface area contributed by atoms with Gasteiger partial charge in [-0.1, -0.05) is 56.0 Å². The second kappa shape index (κ2) is 11.9. The van der Waals surface area contributed by atoms with Crippen LogP contribution in [0.2, 0.25) is 0 Å². The maximum absolute atomic E-state index is 13.2. The molecular formula is C30H35N3O3S. The van der Waals surface area contributed by atoms with Crippen molar-refractivity contribution >= 4 is 28.8 Å². The Morgan fingerprint density at radius 3 is 2.54 bits per heavy atom. The van der Waals surface area contributed by atoms with Gasteiger partial charge in [0.25, 0.3) is 5.91 Å². The highest BCUT2D eigenvalue weighted by Crippen LogP contribution is 2.34. The van der Waals surface area contributed by atoms with E-state index in [4.69, 9.17) is 9.72 Å². The van der Waals surface area contributed by atoms with Crippen LogP contribution in [0.1, 0.15) is 72.8 Å². The number of carbonyl (C=O) groups excluding carboxylic acids is 2. The van der Waals surface area contributed by atoms with Gasteiger partial charge >= 0.3 is 0 Å². The van der Waals surface area contributed by atoms with E-state index >= 15 is 0 Å². The van der Waals surface area contributed by atoms with Gasteiger partial charge in [0.05, 0.1) is 17.8 Å². The molecule has 2 heterocycles. The number of carbonyl (C=O) groups is 2. The molecule has 1 aliphatic heterocycles. The number of aromatic nitrogens is 1. The summed E-state index contributed by atoms with van der Waals surface area (Å²) in [7, 11) is 1.62. The molecule has 37 heavy (non-hydrogen) atoms. The second-order valence-electron chi connectivity index (χ2n) is 10.1. The van der Waals surface area contributed by atoms with E-state index in [1.165, 1.54) is 37.0 Å². The van der Waals surface area contributed by atoms with E-state index in [1.54, 1.807) is 7.11 Å². The monoisotopic (exact) mass is 517 g/mol. The highest BCUT2D eigenvalue weighted by molar-refractivity contribution is 7.10. The zero-order chi connectivity index (χ0) is 25.6. The fourth-order valence-corrected chi connectivity index (χ4v) is 6.52.